The minimum absolute atomic E-state index is 0.180. The van der Waals surface area contributed by atoms with Crippen molar-refractivity contribution in [3.05, 3.63) is 52.2 Å². The third-order valence-electron chi connectivity index (χ3n) is 5.11. The van der Waals surface area contributed by atoms with E-state index >= 15 is 0 Å². The number of carbonyl (C=O) groups excluding carboxylic acids is 2. The van der Waals surface area contributed by atoms with Gasteiger partial charge in [-0.05, 0) is 43.4 Å². The molecule has 5 rings (SSSR count). The third kappa shape index (κ3) is 2.76. The summed E-state index contributed by atoms with van der Waals surface area (Å²) in [7, 11) is 0. The van der Waals surface area contributed by atoms with Gasteiger partial charge in [0.15, 0.2) is 0 Å². The van der Waals surface area contributed by atoms with Crippen molar-refractivity contribution in [2.24, 2.45) is 0 Å². The van der Waals surface area contributed by atoms with Gasteiger partial charge in [-0.25, -0.2) is 9.97 Å². The van der Waals surface area contributed by atoms with Crippen molar-refractivity contribution in [3.63, 3.8) is 0 Å². The lowest BCUT2D eigenvalue weighted by Gasteiger charge is -2.13. The summed E-state index contributed by atoms with van der Waals surface area (Å²) in [6.07, 6.45) is 5.87. The molecule has 1 aliphatic heterocycles. The summed E-state index contributed by atoms with van der Waals surface area (Å²) >= 11 is 3.49. The molecule has 1 aliphatic carbocycles. The van der Waals surface area contributed by atoms with Crippen molar-refractivity contribution in [2.75, 3.05) is 12.3 Å². The molecule has 2 aliphatic rings. The number of imide groups is 1. The van der Waals surface area contributed by atoms with E-state index in [0.717, 1.165) is 34.9 Å². The molecule has 3 heterocycles. The molecule has 27 heavy (non-hydrogen) atoms. The van der Waals surface area contributed by atoms with Gasteiger partial charge in [0.2, 0.25) is 0 Å². The normalized spacial score (nSPS) is 15.6. The standard InChI is InChI=1S/C20H17N3O2S2/c24-19-12-5-1-2-6-13(12)20(25)23(19)9-4-10-26-17-16-14-7-3-8-15(14)27-18(16)22-11-21-17/h1-2,5-6,11H,3-4,7-10H2. The van der Waals surface area contributed by atoms with Crippen LogP contribution in [0.4, 0.5) is 0 Å². The second kappa shape index (κ2) is 6.73. The SMILES string of the molecule is O=C1c2ccccc2C(=O)N1CCCSc1ncnc2sc3c(c12)CCC3. The first kappa shape index (κ1) is 16.9. The number of nitrogens with zero attached hydrogens (tertiary/aromatic N) is 3. The Morgan fingerprint density at radius 3 is 2.63 bits per heavy atom. The number of aromatic nitrogens is 2. The number of benzene rings is 1. The molecule has 0 atom stereocenters. The molecule has 0 unspecified atom stereocenters. The maximum Gasteiger partial charge on any atom is 0.261 e. The predicted octanol–water partition coefficient (Wildman–Crippen LogP) is 3.96. The Balaban J connectivity index is 1.26. The average molecular weight is 396 g/mol. The van der Waals surface area contributed by atoms with Crippen LogP contribution in [0.1, 0.15) is 44.0 Å². The second-order valence-electron chi connectivity index (χ2n) is 6.73. The van der Waals surface area contributed by atoms with Crippen LogP contribution < -0.4 is 0 Å². The Morgan fingerprint density at radius 2 is 1.85 bits per heavy atom. The minimum atomic E-state index is -0.180. The fourth-order valence-electron chi connectivity index (χ4n) is 3.84. The van der Waals surface area contributed by atoms with E-state index in [1.165, 1.54) is 27.1 Å². The summed E-state index contributed by atoms with van der Waals surface area (Å²) in [5, 5.41) is 2.25. The summed E-state index contributed by atoms with van der Waals surface area (Å²) < 4.78 is 0. The van der Waals surface area contributed by atoms with Gasteiger partial charge < -0.3 is 0 Å². The molecule has 2 aromatic heterocycles. The lowest BCUT2D eigenvalue weighted by Crippen LogP contribution is -2.31. The van der Waals surface area contributed by atoms with E-state index in [0.29, 0.717) is 17.7 Å². The number of carbonyl (C=O) groups is 2. The fourth-order valence-corrected chi connectivity index (χ4v) is 6.09. The number of fused-ring (bicyclic) bond motifs is 4. The van der Waals surface area contributed by atoms with Gasteiger partial charge in [0.05, 0.1) is 11.1 Å². The smallest absolute Gasteiger partial charge is 0.261 e. The van der Waals surface area contributed by atoms with Crippen LogP contribution in [0.3, 0.4) is 0 Å². The summed E-state index contributed by atoms with van der Waals surface area (Å²) in [6, 6.07) is 7.03. The Kier molecular flexibility index (Phi) is 4.21. The van der Waals surface area contributed by atoms with Crippen molar-refractivity contribution >= 4 is 45.1 Å². The molecule has 0 spiro atoms. The second-order valence-corrected chi connectivity index (χ2v) is 8.89. The lowest BCUT2D eigenvalue weighted by atomic mass is 10.1. The van der Waals surface area contributed by atoms with Gasteiger partial charge in [0.1, 0.15) is 16.2 Å². The van der Waals surface area contributed by atoms with Gasteiger partial charge in [-0.1, -0.05) is 12.1 Å². The number of aryl methyl sites for hydroxylation is 2. The first-order valence-electron chi connectivity index (χ1n) is 9.07. The number of thiophene rings is 1. The monoisotopic (exact) mass is 395 g/mol. The minimum Gasteiger partial charge on any atom is -0.274 e. The van der Waals surface area contributed by atoms with Crippen LogP contribution in [-0.4, -0.2) is 39.0 Å². The highest BCUT2D eigenvalue weighted by Gasteiger charge is 2.34. The Labute approximate surface area is 164 Å². The van der Waals surface area contributed by atoms with Crippen LogP contribution in [0.5, 0.6) is 0 Å². The fraction of sp³-hybridized carbons (Fsp3) is 0.300. The molecule has 2 amide bonds. The zero-order chi connectivity index (χ0) is 18.4. The molecule has 3 aromatic rings. The van der Waals surface area contributed by atoms with Crippen molar-refractivity contribution in [3.8, 4) is 0 Å². The maximum absolute atomic E-state index is 12.4. The van der Waals surface area contributed by atoms with E-state index in [1.54, 1.807) is 53.7 Å². The van der Waals surface area contributed by atoms with Crippen LogP contribution in [0.2, 0.25) is 0 Å². The van der Waals surface area contributed by atoms with Crippen LogP contribution in [0.15, 0.2) is 35.6 Å². The van der Waals surface area contributed by atoms with E-state index in [2.05, 4.69) is 9.97 Å². The molecular formula is C20H17N3O2S2. The van der Waals surface area contributed by atoms with Gasteiger partial charge in [0.25, 0.3) is 11.8 Å². The van der Waals surface area contributed by atoms with E-state index in [9.17, 15) is 9.59 Å². The number of rotatable bonds is 5. The molecule has 0 fully saturated rings. The highest BCUT2D eigenvalue weighted by atomic mass is 32.2. The highest BCUT2D eigenvalue weighted by molar-refractivity contribution is 7.99. The number of thioether (sulfide) groups is 1. The van der Waals surface area contributed by atoms with Crippen LogP contribution in [-0.2, 0) is 12.8 Å². The highest BCUT2D eigenvalue weighted by Crippen LogP contribution is 2.40. The zero-order valence-corrected chi connectivity index (χ0v) is 16.2. The van der Waals surface area contributed by atoms with Gasteiger partial charge in [-0.2, -0.15) is 0 Å². The van der Waals surface area contributed by atoms with Crippen LogP contribution >= 0.6 is 23.1 Å². The molecule has 0 radical (unpaired) electrons. The molecule has 7 heteroatoms. The topological polar surface area (TPSA) is 63.2 Å². The number of hydrogen-bond donors (Lipinski definition) is 0. The number of amides is 2. The average Bonchev–Trinajstić information content (AvgIpc) is 3.34. The van der Waals surface area contributed by atoms with Gasteiger partial charge in [0, 0.05) is 22.6 Å². The van der Waals surface area contributed by atoms with Crippen molar-refractivity contribution in [1.29, 1.82) is 0 Å². The molecule has 0 saturated heterocycles. The Morgan fingerprint density at radius 1 is 1.07 bits per heavy atom. The van der Waals surface area contributed by atoms with Gasteiger partial charge in [-0.3, -0.25) is 14.5 Å². The first-order valence-corrected chi connectivity index (χ1v) is 10.9. The molecule has 0 bridgehead atoms. The van der Waals surface area contributed by atoms with E-state index < -0.39 is 0 Å². The summed E-state index contributed by atoms with van der Waals surface area (Å²) in [4.78, 5) is 37.7. The maximum atomic E-state index is 12.4. The van der Waals surface area contributed by atoms with Crippen molar-refractivity contribution in [1.82, 2.24) is 14.9 Å². The molecule has 0 N–H and O–H groups in total. The molecule has 1 aromatic carbocycles. The van der Waals surface area contributed by atoms with Gasteiger partial charge >= 0.3 is 0 Å². The van der Waals surface area contributed by atoms with Crippen LogP contribution in [0, 0.1) is 0 Å². The largest absolute Gasteiger partial charge is 0.274 e. The lowest BCUT2D eigenvalue weighted by molar-refractivity contribution is 0.0655. The number of hydrogen-bond acceptors (Lipinski definition) is 6. The van der Waals surface area contributed by atoms with E-state index in [4.69, 9.17) is 0 Å². The van der Waals surface area contributed by atoms with Gasteiger partial charge in [-0.15, -0.1) is 23.1 Å². The van der Waals surface area contributed by atoms with Crippen molar-refractivity contribution < 1.29 is 9.59 Å². The predicted molar refractivity (Wildman–Crippen MR) is 107 cm³/mol. The first-order chi connectivity index (χ1) is 13.2. The van der Waals surface area contributed by atoms with Crippen LogP contribution in [0.25, 0.3) is 10.2 Å². The zero-order valence-electron chi connectivity index (χ0n) is 14.6. The van der Waals surface area contributed by atoms with Crippen molar-refractivity contribution in [2.45, 2.75) is 30.7 Å². The Bertz CT molecular complexity index is 1040. The third-order valence-corrected chi connectivity index (χ3v) is 7.39. The summed E-state index contributed by atoms with van der Waals surface area (Å²) in [6.45, 7) is 0.440. The summed E-state index contributed by atoms with van der Waals surface area (Å²) in [5.41, 5.74) is 2.46. The van der Waals surface area contributed by atoms with E-state index in [1.807, 2.05) is 0 Å². The Hall–Kier alpha value is -2.25. The molecule has 0 saturated carbocycles. The molecular weight excluding hydrogens is 378 g/mol. The molecule has 5 nitrogen and oxygen atoms in total. The van der Waals surface area contributed by atoms with E-state index in [-0.39, 0.29) is 11.8 Å². The quantitative estimate of drug-likeness (QED) is 0.283. The molecule has 136 valence electrons. The summed E-state index contributed by atoms with van der Waals surface area (Å²) in [5.74, 6) is 0.450.